The Morgan fingerprint density at radius 1 is 1.48 bits per heavy atom. The van der Waals surface area contributed by atoms with Crippen LogP contribution in [0.5, 0.6) is 0 Å². The molecule has 0 spiro atoms. The van der Waals surface area contributed by atoms with Gasteiger partial charge in [0.2, 0.25) is 0 Å². The second kappa shape index (κ2) is 7.83. The van der Waals surface area contributed by atoms with Crippen LogP contribution < -0.4 is 10.6 Å². The molecular formula is C15H23N5S. The number of aliphatic imine (C=N–C) groups is 1. The lowest BCUT2D eigenvalue weighted by atomic mass is 10.1. The molecule has 0 saturated heterocycles. The number of hydrogen-bond donors (Lipinski definition) is 2. The summed E-state index contributed by atoms with van der Waals surface area (Å²) in [7, 11) is 1.92. The first-order valence-corrected chi connectivity index (χ1v) is 8.10. The molecule has 0 radical (unpaired) electrons. The summed E-state index contributed by atoms with van der Waals surface area (Å²) in [5.41, 5.74) is 1.11. The first-order valence-electron chi connectivity index (χ1n) is 7.22. The zero-order valence-corrected chi connectivity index (χ0v) is 13.7. The van der Waals surface area contributed by atoms with Gasteiger partial charge < -0.3 is 10.6 Å². The van der Waals surface area contributed by atoms with Gasteiger partial charge in [0.1, 0.15) is 0 Å². The second-order valence-electron chi connectivity index (χ2n) is 5.01. The smallest absolute Gasteiger partial charge is 0.191 e. The van der Waals surface area contributed by atoms with E-state index in [4.69, 9.17) is 0 Å². The fraction of sp³-hybridized carbons (Fsp3) is 0.467. The largest absolute Gasteiger partial charge is 0.357 e. The first kappa shape index (κ1) is 15.6. The third kappa shape index (κ3) is 4.90. The molecular weight excluding hydrogens is 282 g/mol. The van der Waals surface area contributed by atoms with Crippen molar-refractivity contribution in [3.05, 3.63) is 40.3 Å². The number of guanidine groups is 1. The Bertz CT molecular complexity index is 558. The Labute approximate surface area is 130 Å². The van der Waals surface area contributed by atoms with Crippen LogP contribution >= 0.6 is 11.3 Å². The molecule has 1 atom stereocenters. The molecule has 5 nitrogen and oxygen atoms in total. The van der Waals surface area contributed by atoms with Gasteiger partial charge in [-0.1, -0.05) is 13.0 Å². The molecule has 2 N–H and O–H groups in total. The maximum Gasteiger partial charge on any atom is 0.191 e. The molecule has 0 fully saturated rings. The fourth-order valence-corrected chi connectivity index (χ4v) is 2.77. The molecule has 0 saturated carbocycles. The number of thiophene rings is 1. The van der Waals surface area contributed by atoms with Gasteiger partial charge >= 0.3 is 0 Å². The molecule has 2 heterocycles. The van der Waals surface area contributed by atoms with Gasteiger partial charge in [-0.3, -0.25) is 4.68 Å². The SMILES string of the molecule is CCNC(=NCc1cnn(C)c1)NCC(C)c1cccs1. The molecule has 21 heavy (non-hydrogen) atoms. The number of hydrogen-bond acceptors (Lipinski definition) is 3. The highest BCUT2D eigenvalue weighted by Gasteiger charge is 2.07. The van der Waals surface area contributed by atoms with Gasteiger partial charge in [-0.2, -0.15) is 5.10 Å². The normalized spacial score (nSPS) is 13.2. The predicted octanol–water partition coefficient (Wildman–Crippen LogP) is 2.34. The van der Waals surface area contributed by atoms with Gasteiger partial charge in [0.25, 0.3) is 0 Å². The van der Waals surface area contributed by atoms with E-state index in [1.165, 1.54) is 4.88 Å². The van der Waals surface area contributed by atoms with Crippen LogP contribution in [0, 0.1) is 0 Å². The molecule has 0 aliphatic heterocycles. The summed E-state index contributed by atoms with van der Waals surface area (Å²) >= 11 is 1.80. The number of rotatable bonds is 6. The van der Waals surface area contributed by atoms with Gasteiger partial charge in [0.15, 0.2) is 5.96 Å². The molecule has 0 aliphatic carbocycles. The average molecular weight is 305 g/mol. The molecule has 0 amide bonds. The number of nitrogens with zero attached hydrogens (tertiary/aromatic N) is 3. The van der Waals surface area contributed by atoms with Crippen LogP contribution in [0.15, 0.2) is 34.9 Å². The third-order valence-corrected chi connectivity index (χ3v) is 4.23. The van der Waals surface area contributed by atoms with Crippen molar-refractivity contribution in [2.75, 3.05) is 13.1 Å². The summed E-state index contributed by atoms with van der Waals surface area (Å²) in [6.07, 6.45) is 3.84. The van der Waals surface area contributed by atoms with Gasteiger partial charge in [-0.05, 0) is 18.4 Å². The predicted molar refractivity (Wildman–Crippen MR) is 88.8 cm³/mol. The topological polar surface area (TPSA) is 54.2 Å². The molecule has 0 aromatic carbocycles. The molecule has 0 aliphatic rings. The van der Waals surface area contributed by atoms with E-state index in [9.17, 15) is 0 Å². The van der Waals surface area contributed by atoms with Gasteiger partial charge in [0, 0.05) is 42.7 Å². The summed E-state index contributed by atoms with van der Waals surface area (Å²) in [4.78, 5) is 5.99. The lowest BCUT2D eigenvalue weighted by molar-refractivity contribution is 0.709. The van der Waals surface area contributed by atoms with E-state index in [0.29, 0.717) is 12.5 Å². The Morgan fingerprint density at radius 2 is 2.33 bits per heavy atom. The van der Waals surface area contributed by atoms with Gasteiger partial charge in [-0.15, -0.1) is 11.3 Å². The van der Waals surface area contributed by atoms with Crippen LogP contribution in [-0.2, 0) is 13.6 Å². The van der Waals surface area contributed by atoms with E-state index in [1.54, 1.807) is 16.0 Å². The Balaban J connectivity index is 1.89. The van der Waals surface area contributed by atoms with Crippen molar-refractivity contribution < 1.29 is 0 Å². The summed E-state index contributed by atoms with van der Waals surface area (Å²) in [5, 5.41) is 13.0. The van der Waals surface area contributed by atoms with Crippen molar-refractivity contribution in [1.29, 1.82) is 0 Å². The highest BCUT2D eigenvalue weighted by molar-refractivity contribution is 7.10. The van der Waals surface area contributed by atoms with E-state index >= 15 is 0 Å². The molecule has 2 aromatic heterocycles. The zero-order valence-electron chi connectivity index (χ0n) is 12.8. The quantitative estimate of drug-likeness (QED) is 0.636. The van der Waals surface area contributed by atoms with E-state index in [1.807, 2.05) is 19.4 Å². The van der Waals surface area contributed by atoms with Crippen LogP contribution in [0.2, 0.25) is 0 Å². The lowest BCUT2D eigenvalue weighted by Gasteiger charge is -2.14. The van der Waals surface area contributed by atoms with Gasteiger partial charge in [0.05, 0.1) is 12.7 Å². The van der Waals surface area contributed by atoms with Crippen LogP contribution in [0.3, 0.4) is 0 Å². The molecule has 2 rings (SSSR count). The van der Waals surface area contributed by atoms with Crippen molar-refractivity contribution in [2.45, 2.75) is 26.3 Å². The minimum absolute atomic E-state index is 0.479. The standard InChI is InChI=1S/C15H23N5S/c1-4-16-15(18-9-13-10-19-20(3)11-13)17-8-12(2)14-6-5-7-21-14/h5-7,10-12H,4,8-9H2,1-3H3,(H2,16,17,18). The van der Waals surface area contributed by atoms with Crippen molar-refractivity contribution >= 4 is 17.3 Å². The number of aryl methyl sites for hydroxylation is 1. The zero-order chi connectivity index (χ0) is 15.1. The van der Waals surface area contributed by atoms with Crippen molar-refractivity contribution in [1.82, 2.24) is 20.4 Å². The molecule has 6 heteroatoms. The van der Waals surface area contributed by atoms with E-state index < -0.39 is 0 Å². The summed E-state index contributed by atoms with van der Waals surface area (Å²) in [6.45, 7) is 6.66. The van der Waals surface area contributed by atoms with Crippen LogP contribution in [0.1, 0.15) is 30.2 Å². The van der Waals surface area contributed by atoms with Crippen LogP contribution in [0.25, 0.3) is 0 Å². The Kier molecular flexibility index (Phi) is 5.80. The van der Waals surface area contributed by atoms with Crippen LogP contribution in [-0.4, -0.2) is 28.8 Å². The Hall–Kier alpha value is -1.82. The third-order valence-electron chi connectivity index (χ3n) is 3.13. The summed E-state index contributed by atoms with van der Waals surface area (Å²) < 4.78 is 1.80. The molecule has 1 unspecified atom stereocenters. The van der Waals surface area contributed by atoms with Crippen molar-refractivity contribution in [3.8, 4) is 0 Å². The Morgan fingerprint density at radius 3 is 2.95 bits per heavy atom. The van der Waals surface area contributed by atoms with E-state index in [2.05, 4.69) is 52.1 Å². The highest BCUT2D eigenvalue weighted by Crippen LogP contribution is 2.19. The van der Waals surface area contributed by atoms with E-state index in [0.717, 1.165) is 24.6 Å². The maximum atomic E-state index is 4.59. The average Bonchev–Trinajstić information content (AvgIpc) is 3.13. The van der Waals surface area contributed by atoms with E-state index in [-0.39, 0.29) is 0 Å². The summed E-state index contributed by atoms with van der Waals surface area (Å²) in [5.74, 6) is 1.33. The second-order valence-corrected chi connectivity index (χ2v) is 5.99. The molecule has 114 valence electrons. The number of nitrogens with one attached hydrogen (secondary N) is 2. The minimum atomic E-state index is 0.479. The molecule has 0 bridgehead atoms. The lowest BCUT2D eigenvalue weighted by Crippen LogP contribution is -2.39. The minimum Gasteiger partial charge on any atom is -0.357 e. The fourth-order valence-electron chi connectivity index (χ4n) is 1.99. The first-order chi connectivity index (χ1) is 10.2. The van der Waals surface area contributed by atoms with Gasteiger partial charge in [-0.25, -0.2) is 4.99 Å². The highest BCUT2D eigenvalue weighted by atomic mass is 32.1. The number of aromatic nitrogens is 2. The van der Waals surface area contributed by atoms with Crippen LogP contribution in [0.4, 0.5) is 0 Å². The van der Waals surface area contributed by atoms with Crippen molar-refractivity contribution in [3.63, 3.8) is 0 Å². The summed E-state index contributed by atoms with van der Waals surface area (Å²) in [6, 6.07) is 4.27. The van der Waals surface area contributed by atoms with Crippen molar-refractivity contribution in [2.24, 2.45) is 12.0 Å². The molecule has 2 aromatic rings. The monoisotopic (exact) mass is 305 g/mol. The maximum absolute atomic E-state index is 4.59.